The van der Waals surface area contributed by atoms with Crippen molar-refractivity contribution in [2.24, 2.45) is 0 Å². The van der Waals surface area contributed by atoms with Crippen molar-refractivity contribution in [1.29, 1.82) is 5.26 Å². The van der Waals surface area contributed by atoms with Crippen LogP contribution in [0.4, 0.5) is 0 Å². The summed E-state index contributed by atoms with van der Waals surface area (Å²) >= 11 is 6.19. The summed E-state index contributed by atoms with van der Waals surface area (Å²) in [7, 11) is 1.55. The fourth-order valence-electron chi connectivity index (χ4n) is 3.21. The number of Topliss-reactive ketones (excluding diaryl/α,β-unsaturated/α-hetero) is 1. The molecule has 29 heavy (non-hydrogen) atoms. The van der Waals surface area contributed by atoms with Crippen LogP contribution in [0.3, 0.4) is 0 Å². The number of fused-ring (bicyclic) bond motifs is 1. The predicted molar refractivity (Wildman–Crippen MR) is 106 cm³/mol. The van der Waals surface area contributed by atoms with E-state index in [-0.39, 0.29) is 18.7 Å². The molecule has 0 atom stereocenters. The highest BCUT2D eigenvalue weighted by molar-refractivity contribution is 6.31. The van der Waals surface area contributed by atoms with Gasteiger partial charge >= 0.3 is 0 Å². The van der Waals surface area contributed by atoms with Gasteiger partial charge in [-0.2, -0.15) is 15.5 Å². The second-order valence-corrected chi connectivity index (χ2v) is 6.66. The Hall–Kier alpha value is -3.70. The van der Waals surface area contributed by atoms with Gasteiger partial charge in [-0.25, -0.2) is 9.50 Å². The van der Waals surface area contributed by atoms with Gasteiger partial charge in [0.05, 0.1) is 36.8 Å². The number of halogens is 1. The third-order valence-electron chi connectivity index (χ3n) is 4.48. The van der Waals surface area contributed by atoms with Gasteiger partial charge in [0, 0.05) is 35.0 Å². The summed E-state index contributed by atoms with van der Waals surface area (Å²) in [6.45, 7) is 0.0253. The number of rotatable bonds is 6. The van der Waals surface area contributed by atoms with Gasteiger partial charge in [-0.3, -0.25) is 9.48 Å². The molecular formula is C20H15ClN6O2. The first kappa shape index (κ1) is 18.7. The second kappa shape index (κ2) is 7.73. The number of hydrogen-bond donors (Lipinski definition) is 0. The van der Waals surface area contributed by atoms with Crippen LogP contribution in [0.5, 0.6) is 5.75 Å². The molecule has 0 aliphatic carbocycles. The number of aromatic nitrogens is 5. The van der Waals surface area contributed by atoms with E-state index < -0.39 is 0 Å². The van der Waals surface area contributed by atoms with Gasteiger partial charge in [-0.15, -0.1) is 0 Å². The molecule has 0 N–H and O–H groups in total. The molecule has 0 radical (unpaired) electrons. The fourth-order valence-corrected chi connectivity index (χ4v) is 3.38. The van der Waals surface area contributed by atoms with E-state index >= 15 is 0 Å². The van der Waals surface area contributed by atoms with Crippen LogP contribution in [0.2, 0.25) is 5.02 Å². The minimum Gasteiger partial charge on any atom is -0.496 e. The summed E-state index contributed by atoms with van der Waals surface area (Å²) in [5.41, 5.74) is 2.84. The van der Waals surface area contributed by atoms with Crippen molar-refractivity contribution < 1.29 is 9.53 Å². The molecule has 4 rings (SSSR count). The smallest absolute Gasteiger partial charge is 0.172 e. The molecule has 0 unspecified atom stereocenters. The number of carbonyl (C=O) groups excluding carboxylic acids is 1. The highest BCUT2D eigenvalue weighted by Gasteiger charge is 2.22. The first-order valence-electron chi connectivity index (χ1n) is 8.69. The molecule has 9 heteroatoms. The molecule has 0 aliphatic heterocycles. The van der Waals surface area contributed by atoms with Crippen LogP contribution in [0.1, 0.15) is 15.9 Å². The van der Waals surface area contributed by atoms with E-state index in [1.165, 1.54) is 10.9 Å². The Morgan fingerprint density at radius 2 is 2.17 bits per heavy atom. The Balaban J connectivity index is 1.78. The molecule has 144 valence electrons. The summed E-state index contributed by atoms with van der Waals surface area (Å²) in [6.07, 6.45) is 6.50. The molecule has 0 saturated heterocycles. The number of ether oxygens (including phenoxy) is 1. The zero-order valence-electron chi connectivity index (χ0n) is 15.4. The molecule has 0 bridgehead atoms. The maximum Gasteiger partial charge on any atom is 0.172 e. The number of carbonyl (C=O) groups is 1. The summed E-state index contributed by atoms with van der Waals surface area (Å²) < 4.78 is 8.54. The molecule has 0 spiro atoms. The molecule has 0 fully saturated rings. The Morgan fingerprint density at radius 1 is 1.31 bits per heavy atom. The molecule has 0 amide bonds. The highest BCUT2D eigenvalue weighted by atomic mass is 35.5. The van der Waals surface area contributed by atoms with Crippen LogP contribution in [0.25, 0.3) is 16.9 Å². The van der Waals surface area contributed by atoms with E-state index in [0.717, 1.165) is 0 Å². The lowest BCUT2D eigenvalue weighted by Gasteiger charge is -2.12. The number of methoxy groups -OCH3 is 1. The van der Waals surface area contributed by atoms with E-state index in [1.807, 2.05) is 0 Å². The minimum absolute atomic E-state index is 0.0253. The number of nitrogens with zero attached hydrogens (tertiary/aromatic N) is 6. The zero-order chi connectivity index (χ0) is 20.4. The van der Waals surface area contributed by atoms with E-state index in [1.54, 1.807) is 54.5 Å². The van der Waals surface area contributed by atoms with Gasteiger partial charge in [0.25, 0.3) is 0 Å². The third kappa shape index (κ3) is 3.44. The zero-order valence-corrected chi connectivity index (χ0v) is 16.2. The van der Waals surface area contributed by atoms with Crippen molar-refractivity contribution in [3.8, 4) is 23.1 Å². The molecule has 1 aromatic carbocycles. The lowest BCUT2D eigenvalue weighted by Crippen LogP contribution is -2.07. The van der Waals surface area contributed by atoms with Gasteiger partial charge in [0.2, 0.25) is 0 Å². The normalized spacial score (nSPS) is 10.8. The minimum atomic E-state index is -0.155. The lowest BCUT2D eigenvalue weighted by molar-refractivity contribution is 0.0994. The van der Waals surface area contributed by atoms with Crippen LogP contribution in [0.15, 0.2) is 49.1 Å². The van der Waals surface area contributed by atoms with Crippen molar-refractivity contribution >= 4 is 23.0 Å². The Labute approximate surface area is 170 Å². The van der Waals surface area contributed by atoms with Crippen molar-refractivity contribution in [3.63, 3.8) is 0 Å². The van der Waals surface area contributed by atoms with Gasteiger partial charge in [-0.1, -0.05) is 11.6 Å². The Kier molecular flexibility index (Phi) is 4.97. The van der Waals surface area contributed by atoms with Crippen LogP contribution in [-0.2, 0) is 13.0 Å². The van der Waals surface area contributed by atoms with E-state index in [2.05, 4.69) is 21.3 Å². The SMILES string of the molecule is COc1ccc(Cl)cc1-c1c(CC(=O)c2cnn3cccnc23)cnn1CC#N. The largest absolute Gasteiger partial charge is 0.496 e. The van der Waals surface area contributed by atoms with Gasteiger partial charge in [0.15, 0.2) is 11.4 Å². The van der Waals surface area contributed by atoms with Crippen LogP contribution < -0.4 is 4.74 Å². The van der Waals surface area contributed by atoms with Crippen molar-refractivity contribution in [2.75, 3.05) is 7.11 Å². The van der Waals surface area contributed by atoms with Gasteiger partial charge in [-0.05, 0) is 24.3 Å². The molecule has 3 aromatic heterocycles. The monoisotopic (exact) mass is 406 g/mol. The number of ketones is 1. The molecule has 3 heterocycles. The van der Waals surface area contributed by atoms with Crippen molar-refractivity contribution in [3.05, 3.63) is 65.2 Å². The summed E-state index contributed by atoms with van der Waals surface area (Å²) in [5.74, 6) is 0.415. The first-order valence-corrected chi connectivity index (χ1v) is 9.07. The average molecular weight is 407 g/mol. The molecule has 4 aromatic rings. The number of benzene rings is 1. The Morgan fingerprint density at radius 3 is 2.97 bits per heavy atom. The van der Waals surface area contributed by atoms with Crippen LogP contribution in [0, 0.1) is 11.3 Å². The van der Waals surface area contributed by atoms with Crippen molar-refractivity contribution in [2.45, 2.75) is 13.0 Å². The van der Waals surface area contributed by atoms with E-state index in [4.69, 9.17) is 16.3 Å². The number of nitriles is 1. The summed E-state index contributed by atoms with van der Waals surface area (Å²) in [4.78, 5) is 17.2. The molecule has 0 aliphatic rings. The average Bonchev–Trinajstić information content (AvgIpc) is 3.32. The quantitative estimate of drug-likeness (QED) is 0.456. The Bertz CT molecular complexity index is 1250. The van der Waals surface area contributed by atoms with Gasteiger partial charge < -0.3 is 4.74 Å². The second-order valence-electron chi connectivity index (χ2n) is 6.22. The lowest BCUT2D eigenvalue weighted by atomic mass is 10.0. The topological polar surface area (TPSA) is 98.1 Å². The van der Waals surface area contributed by atoms with Crippen LogP contribution in [-0.4, -0.2) is 37.3 Å². The maximum absolute atomic E-state index is 13.0. The summed E-state index contributed by atoms with van der Waals surface area (Å²) in [6, 6.07) is 9.01. The molecular weight excluding hydrogens is 392 g/mol. The first-order chi connectivity index (χ1) is 14.1. The summed E-state index contributed by atoms with van der Waals surface area (Å²) in [5, 5.41) is 18.1. The third-order valence-corrected chi connectivity index (χ3v) is 4.72. The van der Waals surface area contributed by atoms with Crippen LogP contribution >= 0.6 is 11.6 Å². The maximum atomic E-state index is 13.0. The van der Waals surface area contributed by atoms with E-state index in [0.29, 0.717) is 38.8 Å². The molecule has 8 nitrogen and oxygen atoms in total. The fraction of sp³-hybridized carbons (Fsp3) is 0.150. The standard InChI is InChI=1S/C20H15ClN6O2/c1-29-18-4-3-14(21)10-15(18)19-13(11-24-26(19)8-5-22)9-17(28)16-12-25-27-7-2-6-23-20(16)27/h2-4,6-7,10-12H,8-9H2,1H3. The number of hydrogen-bond acceptors (Lipinski definition) is 6. The van der Waals surface area contributed by atoms with Crippen molar-refractivity contribution in [1.82, 2.24) is 24.4 Å². The van der Waals surface area contributed by atoms with Gasteiger partial charge in [0.1, 0.15) is 12.3 Å². The molecule has 0 saturated carbocycles. The van der Waals surface area contributed by atoms with E-state index in [9.17, 15) is 10.1 Å². The predicted octanol–water partition coefficient (Wildman–Crippen LogP) is 3.20. The highest BCUT2D eigenvalue weighted by Crippen LogP contribution is 2.35.